The zero-order chi connectivity index (χ0) is 20.5. The van der Waals surface area contributed by atoms with Crippen molar-refractivity contribution in [1.82, 2.24) is 4.98 Å². The van der Waals surface area contributed by atoms with Gasteiger partial charge in [-0.25, -0.2) is 4.98 Å². The number of benzene rings is 2. The van der Waals surface area contributed by atoms with E-state index in [0.29, 0.717) is 16.7 Å². The molecule has 5 nitrogen and oxygen atoms in total. The van der Waals surface area contributed by atoms with Crippen LogP contribution in [0.4, 0.5) is 10.8 Å². The van der Waals surface area contributed by atoms with E-state index in [2.05, 4.69) is 10.3 Å². The van der Waals surface area contributed by atoms with E-state index in [-0.39, 0.29) is 18.2 Å². The van der Waals surface area contributed by atoms with Crippen molar-refractivity contribution in [3.05, 3.63) is 64.0 Å². The molecule has 3 aromatic rings. The Hall–Kier alpha value is -2.70. The average Bonchev–Trinajstić information content (AvgIpc) is 3.26. The molecule has 0 saturated carbocycles. The van der Waals surface area contributed by atoms with Gasteiger partial charge in [-0.3, -0.25) is 9.59 Å². The summed E-state index contributed by atoms with van der Waals surface area (Å²) in [5.74, 6) is -0.609. The number of nitrogens with one attached hydrogen (secondary N) is 1. The van der Waals surface area contributed by atoms with Gasteiger partial charge in [-0.15, -0.1) is 11.3 Å². The number of carbonyl (C=O) groups is 2. The molecular formula is C22H20ClN3O2S. The van der Waals surface area contributed by atoms with E-state index in [9.17, 15) is 9.59 Å². The predicted molar refractivity (Wildman–Crippen MR) is 118 cm³/mol. The van der Waals surface area contributed by atoms with Crippen LogP contribution in [-0.2, 0) is 9.59 Å². The maximum absolute atomic E-state index is 12.8. The van der Waals surface area contributed by atoms with Crippen LogP contribution in [0, 0.1) is 19.8 Å². The third-order valence-electron chi connectivity index (χ3n) is 4.99. The van der Waals surface area contributed by atoms with Gasteiger partial charge in [0.2, 0.25) is 11.8 Å². The van der Waals surface area contributed by atoms with E-state index in [4.69, 9.17) is 11.6 Å². The van der Waals surface area contributed by atoms with E-state index in [1.807, 2.05) is 62.4 Å². The lowest BCUT2D eigenvalue weighted by Crippen LogP contribution is -2.28. The van der Waals surface area contributed by atoms with Gasteiger partial charge in [-0.1, -0.05) is 41.4 Å². The van der Waals surface area contributed by atoms with Crippen molar-refractivity contribution in [2.45, 2.75) is 20.3 Å². The first-order chi connectivity index (χ1) is 13.9. The number of thiazole rings is 1. The summed E-state index contributed by atoms with van der Waals surface area (Å²) in [5, 5.41) is 4.10. The molecule has 2 aromatic carbocycles. The Bertz CT molecular complexity index is 1060. The second-order valence-electron chi connectivity index (χ2n) is 7.16. The molecule has 1 saturated heterocycles. The molecule has 7 heteroatoms. The van der Waals surface area contributed by atoms with Crippen molar-refractivity contribution in [1.29, 1.82) is 0 Å². The summed E-state index contributed by atoms with van der Waals surface area (Å²) in [6, 6.07) is 15.2. The van der Waals surface area contributed by atoms with Crippen molar-refractivity contribution in [3.63, 3.8) is 0 Å². The molecule has 29 heavy (non-hydrogen) atoms. The van der Waals surface area contributed by atoms with Crippen LogP contribution in [0.1, 0.15) is 16.9 Å². The molecular weight excluding hydrogens is 406 g/mol. The predicted octanol–water partition coefficient (Wildman–Crippen LogP) is 5.07. The van der Waals surface area contributed by atoms with Gasteiger partial charge >= 0.3 is 0 Å². The summed E-state index contributed by atoms with van der Waals surface area (Å²) in [6.07, 6.45) is 0.202. The lowest BCUT2D eigenvalue weighted by molar-refractivity contribution is -0.122. The normalized spacial score (nSPS) is 16.3. The first kappa shape index (κ1) is 19.6. The minimum Gasteiger partial charge on any atom is -0.312 e. The number of aryl methyl sites for hydroxylation is 2. The molecule has 1 atom stereocenters. The Morgan fingerprint density at radius 2 is 1.83 bits per heavy atom. The number of rotatable bonds is 4. The second kappa shape index (κ2) is 7.97. The molecule has 1 aliphatic heterocycles. The van der Waals surface area contributed by atoms with Gasteiger partial charge in [0.05, 0.1) is 11.6 Å². The molecule has 0 aliphatic carbocycles. The van der Waals surface area contributed by atoms with Crippen LogP contribution in [0.5, 0.6) is 0 Å². The molecule has 1 aliphatic rings. The van der Waals surface area contributed by atoms with Gasteiger partial charge in [0, 0.05) is 34.1 Å². The Morgan fingerprint density at radius 1 is 1.14 bits per heavy atom. The highest BCUT2D eigenvalue weighted by Crippen LogP contribution is 2.32. The van der Waals surface area contributed by atoms with Crippen molar-refractivity contribution in [2.24, 2.45) is 5.92 Å². The molecule has 148 valence electrons. The van der Waals surface area contributed by atoms with E-state index in [1.165, 1.54) is 11.3 Å². The first-order valence-electron chi connectivity index (χ1n) is 9.32. The molecule has 2 heterocycles. The third-order valence-corrected chi connectivity index (χ3v) is 6.12. The van der Waals surface area contributed by atoms with Crippen LogP contribution in [0.2, 0.25) is 5.02 Å². The fraction of sp³-hybridized carbons (Fsp3) is 0.227. The average molecular weight is 426 g/mol. The maximum Gasteiger partial charge on any atom is 0.231 e. The number of hydrogen-bond acceptors (Lipinski definition) is 4. The van der Waals surface area contributed by atoms with Crippen molar-refractivity contribution >= 4 is 45.6 Å². The van der Waals surface area contributed by atoms with Crippen LogP contribution in [-0.4, -0.2) is 23.3 Å². The van der Waals surface area contributed by atoms with Crippen LogP contribution in [0.3, 0.4) is 0 Å². The molecule has 4 rings (SSSR count). The standard InChI is InChI=1S/C22H20ClN3O2S/c1-13-3-9-18(10-4-13)26-12-16(11-19(26)27)21(28)25-22-24-20(14(2)29-22)15-5-7-17(23)8-6-15/h3-10,16H,11-12H2,1-2H3,(H,24,25,28)/t16-/m0/s1. The molecule has 0 bridgehead atoms. The lowest BCUT2D eigenvalue weighted by Gasteiger charge is -2.16. The van der Waals surface area contributed by atoms with Gasteiger partial charge in [-0.05, 0) is 38.1 Å². The zero-order valence-corrected chi connectivity index (χ0v) is 17.7. The van der Waals surface area contributed by atoms with Crippen LogP contribution >= 0.6 is 22.9 Å². The van der Waals surface area contributed by atoms with Gasteiger partial charge in [0.1, 0.15) is 0 Å². The molecule has 0 spiro atoms. The number of hydrogen-bond donors (Lipinski definition) is 1. The highest BCUT2D eigenvalue weighted by atomic mass is 35.5. The summed E-state index contributed by atoms with van der Waals surface area (Å²) in [4.78, 5) is 32.4. The molecule has 1 fully saturated rings. The summed E-state index contributed by atoms with van der Waals surface area (Å²) >= 11 is 7.38. The Labute approximate surface area is 178 Å². The minimum atomic E-state index is -0.396. The Balaban J connectivity index is 1.46. The second-order valence-corrected chi connectivity index (χ2v) is 8.80. The topological polar surface area (TPSA) is 62.3 Å². The largest absolute Gasteiger partial charge is 0.312 e. The highest BCUT2D eigenvalue weighted by molar-refractivity contribution is 7.16. The molecule has 1 aromatic heterocycles. The summed E-state index contributed by atoms with van der Waals surface area (Å²) < 4.78 is 0. The SMILES string of the molecule is Cc1ccc(N2C[C@@H](C(=O)Nc3nc(-c4ccc(Cl)cc4)c(C)s3)CC2=O)cc1. The lowest BCUT2D eigenvalue weighted by atomic mass is 10.1. The molecule has 1 N–H and O–H groups in total. The minimum absolute atomic E-state index is 0.0359. The number of amides is 2. The van der Waals surface area contributed by atoms with E-state index in [0.717, 1.165) is 27.4 Å². The van der Waals surface area contributed by atoms with Gasteiger partial charge in [-0.2, -0.15) is 0 Å². The maximum atomic E-state index is 12.8. The molecule has 0 radical (unpaired) electrons. The Kier molecular flexibility index (Phi) is 5.39. The molecule has 2 amide bonds. The summed E-state index contributed by atoms with van der Waals surface area (Å²) in [5.41, 5.74) is 3.73. The fourth-order valence-corrected chi connectivity index (χ4v) is 4.36. The van der Waals surface area contributed by atoms with Crippen molar-refractivity contribution in [2.75, 3.05) is 16.8 Å². The van der Waals surface area contributed by atoms with Crippen LogP contribution in [0.15, 0.2) is 48.5 Å². The number of halogens is 1. The zero-order valence-electron chi connectivity index (χ0n) is 16.1. The number of aromatic nitrogens is 1. The third kappa shape index (κ3) is 4.18. The van der Waals surface area contributed by atoms with E-state index >= 15 is 0 Å². The van der Waals surface area contributed by atoms with E-state index in [1.54, 1.807) is 4.90 Å². The smallest absolute Gasteiger partial charge is 0.231 e. The highest BCUT2D eigenvalue weighted by Gasteiger charge is 2.35. The number of nitrogens with zero attached hydrogens (tertiary/aromatic N) is 2. The van der Waals surface area contributed by atoms with E-state index < -0.39 is 5.92 Å². The monoisotopic (exact) mass is 425 g/mol. The van der Waals surface area contributed by atoms with Crippen LogP contribution < -0.4 is 10.2 Å². The van der Waals surface area contributed by atoms with Crippen molar-refractivity contribution in [3.8, 4) is 11.3 Å². The quantitative estimate of drug-likeness (QED) is 0.634. The number of carbonyl (C=O) groups excluding carboxylic acids is 2. The summed E-state index contributed by atoms with van der Waals surface area (Å²) in [6.45, 7) is 4.34. The van der Waals surface area contributed by atoms with Crippen molar-refractivity contribution < 1.29 is 9.59 Å². The van der Waals surface area contributed by atoms with Crippen LogP contribution in [0.25, 0.3) is 11.3 Å². The number of anilines is 2. The Morgan fingerprint density at radius 3 is 2.52 bits per heavy atom. The summed E-state index contributed by atoms with van der Waals surface area (Å²) in [7, 11) is 0. The van der Waals surface area contributed by atoms with Gasteiger partial charge < -0.3 is 10.2 Å². The first-order valence-corrected chi connectivity index (χ1v) is 10.5. The fourth-order valence-electron chi connectivity index (χ4n) is 3.39. The molecule has 0 unspecified atom stereocenters. The van der Waals surface area contributed by atoms with Gasteiger partial charge in [0.15, 0.2) is 5.13 Å². The van der Waals surface area contributed by atoms with Gasteiger partial charge in [0.25, 0.3) is 0 Å².